The molecule has 0 saturated heterocycles. The van der Waals surface area contributed by atoms with Crippen molar-refractivity contribution in [3.63, 3.8) is 0 Å². The molecule has 0 radical (unpaired) electrons. The monoisotopic (exact) mass is 276 g/mol. The van der Waals surface area contributed by atoms with Gasteiger partial charge in [-0.25, -0.2) is 0 Å². The van der Waals surface area contributed by atoms with Gasteiger partial charge in [-0.1, -0.05) is 0 Å². The molecule has 0 atom stereocenters. The maximum absolute atomic E-state index is 12.7. The van der Waals surface area contributed by atoms with Crippen LogP contribution in [-0.2, 0) is 6.18 Å². The number of halogens is 3. The molecule has 0 aliphatic heterocycles. The van der Waals surface area contributed by atoms with E-state index in [0.29, 0.717) is 18.7 Å². The predicted molar refractivity (Wildman–Crippen MR) is 70.1 cm³/mol. The molecule has 0 aliphatic rings. The minimum absolute atomic E-state index is 0.143. The highest BCUT2D eigenvalue weighted by Gasteiger charge is 2.33. The van der Waals surface area contributed by atoms with Crippen LogP contribution in [0.2, 0.25) is 0 Å². The Morgan fingerprint density at radius 2 is 1.89 bits per heavy atom. The van der Waals surface area contributed by atoms with Crippen LogP contribution in [0.5, 0.6) is 0 Å². The van der Waals surface area contributed by atoms with E-state index in [1.807, 2.05) is 0 Å². The van der Waals surface area contributed by atoms with Gasteiger partial charge < -0.3 is 15.7 Å². The van der Waals surface area contributed by atoms with Crippen molar-refractivity contribution >= 4 is 11.4 Å². The number of aliphatic hydroxyl groups is 1. The van der Waals surface area contributed by atoms with Crippen LogP contribution in [0.4, 0.5) is 24.5 Å². The Balaban J connectivity index is 2.73. The van der Waals surface area contributed by atoms with E-state index >= 15 is 0 Å². The highest BCUT2D eigenvalue weighted by atomic mass is 19.4. The SMILES string of the molecule is CN(CCCCCO)c1ccc(N)c(C(F)(F)F)c1. The molecular weight excluding hydrogens is 257 g/mol. The largest absolute Gasteiger partial charge is 0.418 e. The molecule has 0 fully saturated rings. The summed E-state index contributed by atoms with van der Waals surface area (Å²) < 4.78 is 38.2. The van der Waals surface area contributed by atoms with Crippen LogP contribution in [0.15, 0.2) is 18.2 Å². The number of unbranched alkanes of at least 4 members (excludes halogenated alkanes) is 2. The Morgan fingerprint density at radius 3 is 2.47 bits per heavy atom. The molecule has 1 aromatic carbocycles. The summed E-state index contributed by atoms with van der Waals surface area (Å²) in [6.45, 7) is 0.783. The van der Waals surface area contributed by atoms with Gasteiger partial charge in [0, 0.05) is 31.6 Å². The summed E-state index contributed by atoms with van der Waals surface area (Å²) >= 11 is 0. The molecule has 1 aromatic rings. The van der Waals surface area contributed by atoms with E-state index in [2.05, 4.69) is 0 Å². The predicted octanol–water partition coefficient (Wildman–Crippen LogP) is 2.89. The second kappa shape index (κ2) is 6.65. The van der Waals surface area contributed by atoms with Crippen molar-refractivity contribution in [2.24, 2.45) is 0 Å². The summed E-state index contributed by atoms with van der Waals surface area (Å²) in [5.41, 5.74) is 4.78. The molecule has 0 heterocycles. The first-order valence-corrected chi connectivity index (χ1v) is 6.15. The lowest BCUT2D eigenvalue weighted by atomic mass is 10.1. The van der Waals surface area contributed by atoms with Crippen LogP contribution in [0.1, 0.15) is 24.8 Å². The number of aliphatic hydroxyl groups excluding tert-OH is 1. The fourth-order valence-electron chi connectivity index (χ4n) is 1.79. The third-order valence-electron chi connectivity index (χ3n) is 2.93. The number of nitrogens with zero attached hydrogens (tertiary/aromatic N) is 1. The van der Waals surface area contributed by atoms with E-state index < -0.39 is 11.7 Å². The van der Waals surface area contributed by atoms with Gasteiger partial charge in [0.25, 0.3) is 0 Å². The summed E-state index contributed by atoms with van der Waals surface area (Å²) in [6, 6.07) is 3.93. The van der Waals surface area contributed by atoms with Crippen LogP contribution in [-0.4, -0.2) is 25.3 Å². The maximum Gasteiger partial charge on any atom is 0.418 e. The van der Waals surface area contributed by atoms with Crippen molar-refractivity contribution in [3.8, 4) is 0 Å². The number of nitrogen functional groups attached to an aromatic ring is 1. The summed E-state index contributed by atoms with van der Waals surface area (Å²) in [7, 11) is 1.74. The topological polar surface area (TPSA) is 49.5 Å². The number of benzene rings is 1. The molecule has 0 spiro atoms. The number of hydrogen-bond acceptors (Lipinski definition) is 3. The number of nitrogens with two attached hydrogens (primary N) is 1. The van der Waals surface area contributed by atoms with Crippen LogP contribution < -0.4 is 10.6 Å². The molecule has 0 unspecified atom stereocenters. The Bertz CT molecular complexity index is 407. The summed E-state index contributed by atoms with van der Waals surface area (Å²) in [6.07, 6.45) is -2.05. The van der Waals surface area contributed by atoms with Gasteiger partial charge in [-0.3, -0.25) is 0 Å². The molecule has 108 valence electrons. The molecule has 0 aliphatic carbocycles. The van der Waals surface area contributed by atoms with Crippen LogP contribution in [0.25, 0.3) is 0 Å². The van der Waals surface area contributed by atoms with Gasteiger partial charge >= 0.3 is 6.18 Å². The van der Waals surface area contributed by atoms with E-state index in [1.54, 1.807) is 18.0 Å². The first-order valence-electron chi connectivity index (χ1n) is 6.15. The van der Waals surface area contributed by atoms with Crippen molar-refractivity contribution in [2.45, 2.75) is 25.4 Å². The summed E-state index contributed by atoms with van der Waals surface area (Å²) in [5.74, 6) is 0. The third-order valence-corrected chi connectivity index (χ3v) is 2.93. The Morgan fingerprint density at radius 1 is 1.21 bits per heavy atom. The number of hydrogen-bond donors (Lipinski definition) is 2. The first-order chi connectivity index (χ1) is 8.86. The van der Waals surface area contributed by atoms with E-state index in [9.17, 15) is 13.2 Å². The minimum Gasteiger partial charge on any atom is -0.398 e. The third kappa shape index (κ3) is 4.63. The Kier molecular flexibility index (Phi) is 5.47. The molecule has 0 aromatic heterocycles. The minimum atomic E-state index is -4.43. The van der Waals surface area contributed by atoms with Gasteiger partial charge in [-0.2, -0.15) is 13.2 Å². The molecule has 0 bridgehead atoms. The number of alkyl halides is 3. The fraction of sp³-hybridized carbons (Fsp3) is 0.538. The standard InChI is InChI=1S/C13H19F3N2O/c1-18(7-3-2-4-8-19)10-5-6-12(17)11(9-10)13(14,15)16/h5-6,9,19H,2-4,7-8,17H2,1H3. The molecule has 3 N–H and O–H groups in total. The normalized spacial score (nSPS) is 11.6. The lowest BCUT2D eigenvalue weighted by Crippen LogP contribution is -2.19. The maximum atomic E-state index is 12.7. The van der Waals surface area contributed by atoms with Gasteiger partial charge in [-0.15, -0.1) is 0 Å². The highest BCUT2D eigenvalue weighted by Crippen LogP contribution is 2.35. The fourth-order valence-corrected chi connectivity index (χ4v) is 1.79. The van der Waals surface area contributed by atoms with Crippen molar-refractivity contribution < 1.29 is 18.3 Å². The average molecular weight is 276 g/mol. The lowest BCUT2D eigenvalue weighted by Gasteiger charge is -2.21. The number of anilines is 2. The van der Waals surface area contributed by atoms with Gasteiger partial charge in [0.15, 0.2) is 0 Å². The zero-order chi connectivity index (χ0) is 14.5. The zero-order valence-corrected chi connectivity index (χ0v) is 10.9. The van der Waals surface area contributed by atoms with Gasteiger partial charge in [0.1, 0.15) is 0 Å². The lowest BCUT2D eigenvalue weighted by molar-refractivity contribution is -0.136. The van der Waals surface area contributed by atoms with Crippen molar-refractivity contribution in [3.05, 3.63) is 23.8 Å². The zero-order valence-electron chi connectivity index (χ0n) is 10.9. The van der Waals surface area contributed by atoms with Gasteiger partial charge in [0.05, 0.1) is 5.56 Å². The number of rotatable bonds is 6. The van der Waals surface area contributed by atoms with Crippen LogP contribution in [0.3, 0.4) is 0 Å². The molecule has 0 amide bonds. The Labute approximate surface area is 110 Å². The molecular formula is C13H19F3N2O. The van der Waals surface area contributed by atoms with E-state index in [0.717, 1.165) is 18.9 Å². The molecule has 19 heavy (non-hydrogen) atoms. The van der Waals surface area contributed by atoms with Gasteiger partial charge in [0.2, 0.25) is 0 Å². The highest BCUT2D eigenvalue weighted by molar-refractivity contribution is 5.59. The van der Waals surface area contributed by atoms with E-state index in [-0.39, 0.29) is 12.3 Å². The van der Waals surface area contributed by atoms with Crippen molar-refractivity contribution in [1.29, 1.82) is 0 Å². The summed E-state index contributed by atoms with van der Waals surface area (Å²) in [5, 5.41) is 8.65. The average Bonchev–Trinajstić information content (AvgIpc) is 2.33. The van der Waals surface area contributed by atoms with Crippen LogP contribution >= 0.6 is 0 Å². The van der Waals surface area contributed by atoms with E-state index in [1.165, 1.54) is 6.07 Å². The van der Waals surface area contributed by atoms with Gasteiger partial charge in [-0.05, 0) is 37.5 Å². The van der Waals surface area contributed by atoms with Crippen molar-refractivity contribution in [1.82, 2.24) is 0 Å². The van der Waals surface area contributed by atoms with Crippen LogP contribution in [0, 0.1) is 0 Å². The molecule has 1 rings (SSSR count). The Hall–Kier alpha value is -1.43. The quantitative estimate of drug-likeness (QED) is 0.620. The second-order valence-corrected chi connectivity index (χ2v) is 4.48. The summed E-state index contributed by atoms with van der Waals surface area (Å²) in [4.78, 5) is 1.76. The van der Waals surface area contributed by atoms with E-state index in [4.69, 9.17) is 10.8 Å². The van der Waals surface area contributed by atoms with Crippen molar-refractivity contribution in [2.75, 3.05) is 30.8 Å². The first kappa shape index (κ1) is 15.6. The second-order valence-electron chi connectivity index (χ2n) is 4.48. The smallest absolute Gasteiger partial charge is 0.398 e. The molecule has 0 saturated carbocycles. The molecule has 6 heteroatoms. The molecule has 3 nitrogen and oxygen atoms in total.